The van der Waals surface area contributed by atoms with Gasteiger partial charge in [-0.2, -0.15) is 0 Å². The average Bonchev–Trinajstić information content (AvgIpc) is 4.06. The number of hydrogen-bond acceptors (Lipinski definition) is 0. The van der Waals surface area contributed by atoms with Crippen LogP contribution in [0.15, 0.2) is 271 Å². The molecule has 10 rings (SSSR count). The standard InChI is InChI=1S/C68H54NP.Os/c1-4-25-52-40-45-57(46-41-52)67-65(55-26-12-6-13-27-55)66(56-28-14-7-15-29-56)68(69(67)61-32-16-8-17-33-61)58-47-42-53(43-48-58)44-49-59(50-60-31-24-30-54(60)5-2)51(3)70(62-34-18-9-19-35-62,63-36-20-10-21-37-63)64-38-22-11-23-39-64;/h4-23,25-29,32-43,45-48,50H,24,30-31H2,1-2H3;/q+1;/b25-4+,54-5?,59-51?,60-50?;. The van der Waals surface area contributed by atoms with Gasteiger partial charge in [0.05, 0.1) is 0 Å². The van der Waals surface area contributed by atoms with Crippen molar-refractivity contribution in [1.29, 1.82) is 0 Å². The number of nitrogens with zero attached hydrogens (tertiary/aromatic N) is 1. The summed E-state index contributed by atoms with van der Waals surface area (Å²) in [5, 5.41) is 5.01. The summed E-state index contributed by atoms with van der Waals surface area (Å²) in [5.41, 5.74) is 16.2. The molecule has 3 heteroatoms. The molecule has 0 N–H and O–H groups in total. The molecular weight excluding hydrogens is 1050 g/mol. The summed E-state index contributed by atoms with van der Waals surface area (Å²) >= 11 is 1.81. The van der Waals surface area contributed by atoms with Gasteiger partial charge in [-0.3, -0.25) is 0 Å². The van der Waals surface area contributed by atoms with E-state index < -0.39 is 7.26 Å². The number of benzene rings is 8. The molecule has 0 bridgehead atoms. The number of allylic oxidation sites excluding steroid dienone is 7. The maximum atomic E-state index is 3.88. The van der Waals surface area contributed by atoms with E-state index in [-0.39, 0.29) is 0 Å². The van der Waals surface area contributed by atoms with Gasteiger partial charge in [-0.1, -0.05) is 115 Å². The van der Waals surface area contributed by atoms with Crippen LogP contribution in [0.3, 0.4) is 0 Å². The van der Waals surface area contributed by atoms with Gasteiger partial charge < -0.3 is 0 Å². The summed E-state index contributed by atoms with van der Waals surface area (Å²) in [6.45, 7) is 4.24. The Morgan fingerprint density at radius 2 is 0.930 bits per heavy atom. The third-order valence-corrected chi connectivity index (χ3v) is 18.8. The third-order valence-electron chi connectivity index (χ3n) is 13.4. The van der Waals surface area contributed by atoms with Crippen LogP contribution >= 0.6 is 7.26 Å². The average molecular weight is 1110 g/mol. The second kappa shape index (κ2) is 22.0. The molecule has 0 unspecified atom stereocenters. The van der Waals surface area contributed by atoms with Crippen LogP contribution in [0.2, 0.25) is 0 Å². The first-order valence-corrected chi connectivity index (χ1v) is 27.5. The van der Waals surface area contributed by atoms with Crippen LogP contribution in [0.25, 0.3) is 56.5 Å². The molecule has 1 heterocycles. The number of aromatic nitrogens is 1. The molecule has 1 fully saturated rings. The van der Waals surface area contributed by atoms with Crippen LogP contribution in [0, 0.1) is 16.2 Å². The van der Waals surface area contributed by atoms with E-state index in [0.717, 1.165) is 75.0 Å². The van der Waals surface area contributed by atoms with Crippen molar-refractivity contribution in [2.75, 3.05) is 0 Å². The van der Waals surface area contributed by atoms with E-state index in [2.05, 4.69) is 289 Å². The zero-order valence-corrected chi connectivity index (χ0v) is 43.6. The summed E-state index contributed by atoms with van der Waals surface area (Å²) in [7, 11) is -2.50. The van der Waals surface area contributed by atoms with Crippen molar-refractivity contribution >= 4 is 29.3 Å². The molecule has 0 saturated heterocycles. The predicted molar refractivity (Wildman–Crippen MR) is 301 cm³/mol. The van der Waals surface area contributed by atoms with Crippen molar-refractivity contribution in [3.8, 4) is 66.7 Å². The Labute approximate surface area is 430 Å². The van der Waals surface area contributed by atoms with E-state index in [0.29, 0.717) is 0 Å². The van der Waals surface area contributed by atoms with Crippen molar-refractivity contribution in [2.24, 2.45) is 0 Å². The topological polar surface area (TPSA) is 4.93 Å². The molecule has 1 nitrogen and oxygen atoms in total. The number of hydrogen-bond donors (Lipinski definition) is 0. The fourth-order valence-electron chi connectivity index (χ4n) is 10.2. The molecule has 1 saturated carbocycles. The zero-order valence-electron chi connectivity index (χ0n) is 40.1. The zero-order chi connectivity index (χ0) is 48.4. The molecule has 8 aromatic carbocycles. The molecule has 9 aromatic rings. The molecule has 0 atom stereocenters. The Morgan fingerprint density at radius 1 is 0.493 bits per heavy atom. The molecule has 71 heavy (non-hydrogen) atoms. The van der Waals surface area contributed by atoms with Gasteiger partial charge in [0.25, 0.3) is 0 Å². The van der Waals surface area contributed by atoms with Crippen molar-refractivity contribution in [3.63, 3.8) is 0 Å². The van der Waals surface area contributed by atoms with Crippen molar-refractivity contribution in [1.82, 2.24) is 4.57 Å². The van der Waals surface area contributed by atoms with Crippen LogP contribution in [0.4, 0.5) is 0 Å². The van der Waals surface area contributed by atoms with E-state index in [1.807, 2.05) is 17.9 Å². The first-order chi connectivity index (χ1) is 35.1. The van der Waals surface area contributed by atoms with Gasteiger partial charge in [-0.25, -0.2) is 0 Å². The molecule has 0 amide bonds. The van der Waals surface area contributed by atoms with E-state index in [9.17, 15) is 0 Å². The first kappa shape index (κ1) is 47.1. The van der Waals surface area contributed by atoms with E-state index in [1.54, 1.807) is 0 Å². The fraction of sp³-hybridized carbons (Fsp3) is 0.0735. The Hall–Kier alpha value is -7.59. The summed E-state index contributed by atoms with van der Waals surface area (Å²) in [6, 6.07) is 83.7. The predicted octanol–water partition coefficient (Wildman–Crippen LogP) is 16.3. The molecule has 0 radical (unpaired) electrons. The van der Waals surface area contributed by atoms with Gasteiger partial charge in [0.15, 0.2) is 0 Å². The van der Waals surface area contributed by atoms with Gasteiger partial charge in [-0.05, 0) is 35.7 Å². The van der Waals surface area contributed by atoms with Crippen molar-refractivity contribution < 1.29 is 17.9 Å². The SMILES string of the molecule is CC=C1CCCC1=CC(C#Cc1ccc(-c2c(-c3ccccc3)c(-c3ccccc3)c(-c3ccc(/C=C/C)cc3)n2-c2ccccc2)cc1)=C([C]#[Os])[P+](c1ccccc1)(c1ccccc1)c1ccccc1. The molecule has 1 aromatic heterocycles. The van der Waals surface area contributed by atoms with Gasteiger partial charge in [0.1, 0.15) is 0 Å². The molecule has 343 valence electrons. The molecule has 0 spiro atoms. The minimum atomic E-state index is -2.50. The fourth-order valence-corrected chi connectivity index (χ4v) is 16.0. The summed E-state index contributed by atoms with van der Waals surface area (Å²) in [6.07, 6.45) is 12.2. The Kier molecular flexibility index (Phi) is 14.6. The van der Waals surface area contributed by atoms with Crippen molar-refractivity contribution in [3.05, 3.63) is 282 Å². The first-order valence-electron chi connectivity index (χ1n) is 24.4. The molecule has 1 aliphatic rings. The maximum absolute atomic E-state index is 3.88. The second-order valence-corrected chi connectivity index (χ2v) is 21.6. The van der Waals surface area contributed by atoms with Gasteiger partial charge in [0, 0.05) is 0 Å². The van der Waals surface area contributed by atoms with E-state index in [4.69, 9.17) is 0 Å². The van der Waals surface area contributed by atoms with E-state index >= 15 is 0 Å². The van der Waals surface area contributed by atoms with Crippen LogP contribution in [-0.2, 0) is 17.9 Å². The van der Waals surface area contributed by atoms with Crippen LogP contribution in [0.5, 0.6) is 0 Å². The molecule has 1 aliphatic carbocycles. The van der Waals surface area contributed by atoms with Crippen LogP contribution in [-0.4, -0.2) is 4.57 Å². The Balaban J connectivity index is 1.22. The number of rotatable bonds is 11. The summed E-state index contributed by atoms with van der Waals surface area (Å²) in [4.78, 5) is 0. The van der Waals surface area contributed by atoms with Crippen LogP contribution < -0.4 is 15.9 Å². The van der Waals surface area contributed by atoms with Gasteiger partial charge in [-0.15, -0.1) is 0 Å². The minimum absolute atomic E-state index is 0.949. The summed E-state index contributed by atoms with van der Waals surface area (Å²) < 4.78 is 6.36. The third kappa shape index (κ3) is 9.55. The summed E-state index contributed by atoms with van der Waals surface area (Å²) in [5.74, 6) is 7.61. The van der Waals surface area contributed by atoms with Gasteiger partial charge >= 0.3 is 282 Å². The number of para-hydroxylation sites is 1. The Bertz CT molecular complexity index is 3420. The van der Waals surface area contributed by atoms with E-state index in [1.165, 1.54) is 43.8 Å². The quantitative estimate of drug-likeness (QED) is 0.0899. The molecular formula is C68H54NOsP+. The van der Waals surface area contributed by atoms with Gasteiger partial charge in [0.2, 0.25) is 0 Å². The van der Waals surface area contributed by atoms with Crippen molar-refractivity contribution in [2.45, 2.75) is 33.1 Å². The van der Waals surface area contributed by atoms with Crippen LogP contribution in [0.1, 0.15) is 44.2 Å². The Morgan fingerprint density at radius 3 is 1.38 bits per heavy atom. The second-order valence-electron chi connectivity index (χ2n) is 17.7. The monoisotopic (exact) mass is 1110 g/mol. The molecule has 0 aliphatic heterocycles. The normalized spacial score (nSPS) is 14.0.